The zero-order valence-corrected chi connectivity index (χ0v) is 8.96. The molecule has 3 nitrogen and oxygen atoms in total. The zero-order chi connectivity index (χ0) is 10.9. The number of methoxy groups -OCH3 is 1. The first-order valence-corrected chi connectivity index (χ1v) is 4.47. The monoisotopic (exact) mass is 196 g/mol. The molecule has 1 aromatic rings. The highest BCUT2D eigenvalue weighted by Gasteiger charge is 2.25. The number of benzene rings is 1. The minimum atomic E-state index is -1.11. The number of phenols is 1. The van der Waals surface area contributed by atoms with Gasteiger partial charge in [0.1, 0.15) is 11.5 Å². The van der Waals surface area contributed by atoms with E-state index in [0.29, 0.717) is 11.3 Å². The van der Waals surface area contributed by atoms with Gasteiger partial charge in [0.25, 0.3) is 0 Å². The van der Waals surface area contributed by atoms with Crippen molar-refractivity contribution in [2.75, 3.05) is 7.11 Å². The molecular weight excluding hydrogens is 180 g/mol. The molecule has 0 fully saturated rings. The number of ether oxygens (including phenoxy) is 1. The smallest absolute Gasteiger partial charge is 0.131 e. The number of hydrogen-bond donors (Lipinski definition) is 2. The molecule has 0 bridgehead atoms. The van der Waals surface area contributed by atoms with Crippen LogP contribution in [-0.4, -0.2) is 17.3 Å². The highest BCUT2D eigenvalue weighted by Crippen LogP contribution is 2.38. The van der Waals surface area contributed by atoms with Gasteiger partial charge in [-0.1, -0.05) is 6.07 Å². The van der Waals surface area contributed by atoms with E-state index in [2.05, 4.69) is 0 Å². The fourth-order valence-corrected chi connectivity index (χ4v) is 1.53. The van der Waals surface area contributed by atoms with Crippen LogP contribution >= 0.6 is 0 Å². The van der Waals surface area contributed by atoms with Gasteiger partial charge in [0.2, 0.25) is 0 Å². The molecule has 1 rings (SSSR count). The fraction of sp³-hybridized carbons (Fsp3) is 0.455. The molecule has 2 N–H and O–H groups in total. The van der Waals surface area contributed by atoms with Crippen molar-refractivity contribution < 1.29 is 14.9 Å². The summed E-state index contributed by atoms with van der Waals surface area (Å²) >= 11 is 0. The van der Waals surface area contributed by atoms with Crippen LogP contribution in [0.15, 0.2) is 12.1 Å². The topological polar surface area (TPSA) is 49.7 Å². The van der Waals surface area contributed by atoms with E-state index in [1.807, 2.05) is 6.92 Å². The van der Waals surface area contributed by atoms with E-state index in [1.165, 1.54) is 7.11 Å². The summed E-state index contributed by atoms with van der Waals surface area (Å²) in [5.74, 6) is 0.595. The van der Waals surface area contributed by atoms with Crippen LogP contribution in [0.5, 0.6) is 11.5 Å². The van der Waals surface area contributed by atoms with E-state index in [0.717, 1.165) is 5.56 Å². The fourth-order valence-electron chi connectivity index (χ4n) is 1.53. The lowest BCUT2D eigenvalue weighted by Gasteiger charge is -2.23. The quantitative estimate of drug-likeness (QED) is 0.760. The summed E-state index contributed by atoms with van der Waals surface area (Å²) in [4.78, 5) is 0. The van der Waals surface area contributed by atoms with E-state index in [4.69, 9.17) is 4.74 Å². The molecule has 0 amide bonds. The number of aliphatic hydroxyl groups is 1. The van der Waals surface area contributed by atoms with Gasteiger partial charge in [-0.3, -0.25) is 0 Å². The van der Waals surface area contributed by atoms with E-state index in [1.54, 1.807) is 26.0 Å². The maximum Gasteiger partial charge on any atom is 0.131 e. The standard InChI is InChI=1S/C11H16O3/c1-7-5-6-8(12)9(10(7)14-4)11(2,3)13/h5-6,12-13H,1-4H3. The summed E-state index contributed by atoms with van der Waals surface area (Å²) in [6.07, 6.45) is 0. The molecule has 0 aromatic heterocycles. The minimum absolute atomic E-state index is 0.0555. The average Bonchev–Trinajstić information content (AvgIpc) is 2.06. The minimum Gasteiger partial charge on any atom is -0.507 e. The van der Waals surface area contributed by atoms with Gasteiger partial charge in [-0.25, -0.2) is 0 Å². The van der Waals surface area contributed by atoms with E-state index in [-0.39, 0.29) is 5.75 Å². The number of hydrogen-bond acceptors (Lipinski definition) is 3. The van der Waals surface area contributed by atoms with Crippen LogP contribution in [-0.2, 0) is 5.60 Å². The van der Waals surface area contributed by atoms with Crippen LogP contribution in [0.3, 0.4) is 0 Å². The molecule has 0 saturated heterocycles. The van der Waals surface area contributed by atoms with Gasteiger partial charge < -0.3 is 14.9 Å². The number of phenolic OH excluding ortho intramolecular Hbond substituents is 1. The van der Waals surface area contributed by atoms with Gasteiger partial charge in [0.15, 0.2) is 0 Å². The second-order valence-electron chi connectivity index (χ2n) is 3.87. The van der Waals surface area contributed by atoms with E-state index < -0.39 is 5.60 Å². The van der Waals surface area contributed by atoms with Crippen LogP contribution < -0.4 is 4.74 Å². The summed E-state index contributed by atoms with van der Waals surface area (Å²) < 4.78 is 5.16. The first kappa shape index (κ1) is 10.9. The molecule has 0 heterocycles. The van der Waals surface area contributed by atoms with Crippen LogP contribution in [0, 0.1) is 6.92 Å². The lowest BCUT2D eigenvalue weighted by atomic mass is 9.94. The van der Waals surface area contributed by atoms with Gasteiger partial charge in [0.05, 0.1) is 18.3 Å². The van der Waals surface area contributed by atoms with Crippen LogP contribution in [0.4, 0.5) is 0 Å². The van der Waals surface area contributed by atoms with Crippen LogP contribution in [0.1, 0.15) is 25.0 Å². The van der Waals surface area contributed by atoms with Gasteiger partial charge >= 0.3 is 0 Å². The second-order valence-corrected chi connectivity index (χ2v) is 3.87. The molecule has 0 spiro atoms. The zero-order valence-electron chi connectivity index (χ0n) is 8.96. The Balaban J connectivity index is 3.46. The van der Waals surface area contributed by atoms with Crippen molar-refractivity contribution in [3.05, 3.63) is 23.3 Å². The van der Waals surface area contributed by atoms with Crippen molar-refractivity contribution >= 4 is 0 Å². The lowest BCUT2D eigenvalue weighted by Crippen LogP contribution is -2.17. The van der Waals surface area contributed by atoms with Gasteiger partial charge in [0, 0.05) is 0 Å². The van der Waals surface area contributed by atoms with E-state index in [9.17, 15) is 10.2 Å². The summed E-state index contributed by atoms with van der Waals surface area (Å²) in [5, 5.41) is 19.5. The van der Waals surface area contributed by atoms with Crippen molar-refractivity contribution in [2.24, 2.45) is 0 Å². The molecule has 3 heteroatoms. The molecule has 0 saturated carbocycles. The Morgan fingerprint density at radius 3 is 2.21 bits per heavy atom. The van der Waals surface area contributed by atoms with Crippen molar-refractivity contribution in [3.63, 3.8) is 0 Å². The lowest BCUT2D eigenvalue weighted by molar-refractivity contribution is 0.0726. The molecule has 0 atom stereocenters. The van der Waals surface area contributed by atoms with Crippen LogP contribution in [0.25, 0.3) is 0 Å². The van der Waals surface area contributed by atoms with Crippen molar-refractivity contribution in [2.45, 2.75) is 26.4 Å². The summed E-state index contributed by atoms with van der Waals surface area (Å²) in [6.45, 7) is 5.10. The molecular formula is C11H16O3. The predicted octanol–water partition coefficient (Wildman–Crippen LogP) is 1.94. The maximum atomic E-state index is 9.87. The van der Waals surface area contributed by atoms with Gasteiger partial charge in [-0.15, -0.1) is 0 Å². The highest BCUT2D eigenvalue weighted by atomic mass is 16.5. The molecule has 78 valence electrons. The van der Waals surface area contributed by atoms with Crippen molar-refractivity contribution in [1.82, 2.24) is 0 Å². The van der Waals surface area contributed by atoms with Crippen molar-refractivity contribution in [1.29, 1.82) is 0 Å². The number of aryl methyl sites for hydroxylation is 1. The Hall–Kier alpha value is -1.22. The molecule has 0 aliphatic rings. The van der Waals surface area contributed by atoms with Crippen LogP contribution in [0.2, 0.25) is 0 Å². The van der Waals surface area contributed by atoms with E-state index >= 15 is 0 Å². The summed E-state index contributed by atoms with van der Waals surface area (Å²) in [6, 6.07) is 3.31. The second kappa shape index (κ2) is 3.50. The Kier molecular flexibility index (Phi) is 2.71. The van der Waals surface area contributed by atoms with Gasteiger partial charge in [-0.2, -0.15) is 0 Å². The number of aromatic hydroxyl groups is 1. The summed E-state index contributed by atoms with van der Waals surface area (Å²) in [7, 11) is 1.52. The Bertz CT molecular complexity index is 337. The molecule has 0 aliphatic carbocycles. The molecule has 0 aliphatic heterocycles. The molecule has 14 heavy (non-hydrogen) atoms. The first-order chi connectivity index (χ1) is 6.38. The molecule has 0 unspecified atom stereocenters. The first-order valence-electron chi connectivity index (χ1n) is 4.47. The molecule has 1 aromatic carbocycles. The predicted molar refractivity (Wildman–Crippen MR) is 54.6 cm³/mol. The highest BCUT2D eigenvalue weighted by molar-refractivity contribution is 5.51. The Labute approximate surface area is 84.0 Å². The Morgan fingerprint density at radius 1 is 1.29 bits per heavy atom. The van der Waals surface area contributed by atoms with Gasteiger partial charge in [-0.05, 0) is 32.4 Å². The third-order valence-corrected chi connectivity index (χ3v) is 2.15. The maximum absolute atomic E-state index is 9.87. The normalized spacial score (nSPS) is 11.5. The molecule has 0 radical (unpaired) electrons. The SMILES string of the molecule is COc1c(C)ccc(O)c1C(C)(C)O. The third-order valence-electron chi connectivity index (χ3n) is 2.15. The summed E-state index contributed by atoms with van der Waals surface area (Å²) in [5.41, 5.74) is 0.212. The average molecular weight is 196 g/mol. The Morgan fingerprint density at radius 2 is 1.86 bits per heavy atom. The number of rotatable bonds is 2. The third kappa shape index (κ3) is 1.82. The van der Waals surface area contributed by atoms with Crippen molar-refractivity contribution in [3.8, 4) is 11.5 Å². The largest absolute Gasteiger partial charge is 0.507 e.